The van der Waals surface area contributed by atoms with Crippen LogP contribution in [-0.2, 0) is 15.9 Å². The van der Waals surface area contributed by atoms with Gasteiger partial charge in [0, 0.05) is 33.4 Å². The van der Waals surface area contributed by atoms with E-state index < -0.39 is 0 Å². The number of guanidine groups is 1. The molecule has 0 spiro atoms. The maximum Gasteiger partial charge on any atom is 0.191 e. The first kappa shape index (κ1) is 18.7. The third-order valence-corrected chi connectivity index (χ3v) is 4.15. The maximum absolute atomic E-state index is 6.12. The zero-order chi connectivity index (χ0) is 17.0. The molecule has 1 aromatic rings. The molecule has 24 heavy (non-hydrogen) atoms. The van der Waals surface area contributed by atoms with Crippen LogP contribution in [0.1, 0.15) is 43.4 Å². The maximum atomic E-state index is 6.12. The number of nitrogens with one attached hydrogen (secondary N) is 2. The molecule has 0 aromatic heterocycles. The van der Waals surface area contributed by atoms with E-state index >= 15 is 0 Å². The van der Waals surface area contributed by atoms with Gasteiger partial charge in [0.05, 0.1) is 12.7 Å². The largest absolute Gasteiger partial charge is 0.383 e. The van der Waals surface area contributed by atoms with Gasteiger partial charge in [-0.05, 0) is 43.7 Å². The Morgan fingerprint density at radius 1 is 1.25 bits per heavy atom. The quantitative estimate of drug-likeness (QED) is 0.414. The molecule has 0 radical (unpaired) electrons. The molecule has 1 unspecified atom stereocenters. The lowest BCUT2D eigenvalue weighted by atomic mass is 9.89. The van der Waals surface area contributed by atoms with Crippen molar-refractivity contribution in [3.05, 3.63) is 35.4 Å². The fourth-order valence-corrected chi connectivity index (χ4v) is 2.98. The number of hydrogen-bond acceptors (Lipinski definition) is 3. The molecule has 0 amide bonds. The first-order valence-corrected chi connectivity index (χ1v) is 9.05. The summed E-state index contributed by atoms with van der Waals surface area (Å²) in [4.78, 5) is 4.57. The standard InChI is InChI=1S/C19H31N3O2/c1-3-20-19(22-13-15-23-2)21-12-7-14-24-18-11-6-9-16-8-4-5-10-17(16)18/h4-5,8,10,18H,3,6-7,9,11-15H2,1-2H3,(H2,20,21,22). The van der Waals surface area contributed by atoms with Crippen molar-refractivity contribution in [2.45, 2.75) is 38.7 Å². The SMILES string of the molecule is CCNC(=NCCCOC1CCCc2ccccc21)NCCOC. The van der Waals surface area contributed by atoms with Gasteiger partial charge >= 0.3 is 0 Å². The zero-order valence-electron chi connectivity index (χ0n) is 15.0. The Balaban J connectivity index is 1.71. The molecule has 0 fully saturated rings. The molecule has 2 rings (SSSR count). The first-order chi connectivity index (χ1) is 11.8. The van der Waals surface area contributed by atoms with Crippen molar-refractivity contribution in [1.82, 2.24) is 10.6 Å². The summed E-state index contributed by atoms with van der Waals surface area (Å²) in [7, 11) is 1.70. The van der Waals surface area contributed by atoms with Crippen molar-refractivity contribution in [1.29, 1.82) is 0 Å². The average Bonchev–Trinajstić information content (AvgIpc) is 2.61. The molecule has 0 saturated carbocycles. The summed E-state index contributed by atoms with van der Waals surface area (Å²) in [5, 5.41) is 6.49. The number of aliphatic imine (C=N–C) groups is 1. The summed E-state index contributed by atoms with van der Waals surface area (Å²) in [5.74, 6) is 0.845. The molecule has 1 aliphatic rings. The van der Waals surface area contributed by atoms with Crippen LogP contribution >= 0.6 is 0 Å². The minimum Gasteiger partial charge on any atom is -0.383 e. The number of aryl methyl sites for hydroxylation is 1. The van der Waals surface area contributed by atoms with Gasteiger partial charge in [-0.15, -0.1) is 0 Å². The second-order valence-electron chi connectivity index (χ2n) is 5.98. The summed E-state index contributed by atoms with van der Waals surface area (Å²) >= 11 is 0. The summed E-state index contributed by atoms with van der Waals surface area (Å²) in [6.07, 6.45) is 4.71. The van der Waals surface area contributed by atoms with E-state index in [9.17, 15) is 0 Å². The van der Waals surface area contributed by atoms with Crippen molar-refractivity contribution in [2.24, 2.45) is 4.99 Å². The molecule has 5 nitrogen and oxygen atoms in total. The van der Waals surface area contributed by atoms with E-state index in [0.717, 1.165) is 45.0 Å². The molecular weight excluding hydrogens is 302 g/mol. The fourth-order valence-electron chi connectivity index (χ4n) is 2.98. The third kappa shape index (κ3) is 6.13. The summed E-state index contributed by atoms with van der Waals surface area (Å²) in [6.45, 7) is 5.87. The number of benzene rings is 1. The predicted octanol–water partition coefficient (Wildman–Crippen LogP) is 2.67. The molecule has 5 heteroatoms. The molecule has 2 N–H and O–H groups in total. The van der Waals surface area contributed by atoms with Crippen LogP contribution in [0.5, 0.6) is 0 Å². The minimum atomic E-state index is 0.256. The fraction of sp³-hybridized carbons (Fsp3) is 0.632. The van der Waals surface area contributed by atoms with E-state index in [-0.39, 0.29) is 6.10 Å². The van der Waals surface area contributed by atoms with Gasteiger partial charge in [0.25, 0.3) is 0 Å². The van der Waals surface area contributed by atoms with Crippen molar-refractivity contribution in [3.63, 3.8) is 0 Å². The Morgan fingerprint density at radius 3 is 2.96 bits per heavy atom. The normalized spacial score (nSPS) is 17.4. The number of ether oxygens (including phenoxy) is 2. The monoisotopic (exact) mass is 333 g/mol. The van der Waals surface area contributed by atoms with E-state index in [1.807, 2.05) is 0 Å². The molecular formula is C19H31N3O2. The number of fused-ring (bicyclic) bond motifs is 1. The lowest BCUT2D eigenvalue weighted by Gasteiger charge is -2.25. The van der Waals surface area contributed by atoms with Gasteiger partial charge in [-0.25, -0.2) is 0 Å². The van der Waals surface area contributed by atoms with Crippen LogP contribution in [-0.4, -0.2) is 45.9 Å². The Labute approximate surface area is 145 Å². The lowest BCUT2D eigenvalue weighted by molar-refractivity contribution is 0.0403. The number of rotatable bonds is 9. The van der Waals surface area contributed by atoms with Gasteiger partial charge in [-0.2, -0.15) is 0 Å². The van der Waals surface area contributed by atoms with E-state index in [2.05, 4.69) is 46.8 Å². The van der Waals surface area contributed by atoms with Gasteiger partial charge in [-0.3, -0.25) is 4.99 Å². The van der Waals surface area contributed by atoms with Crippen molar-refractivity contribution in [2.75, 3.05) is 40.0 Å². The third-order valence-electron chi connectivity index (χ3n) is 4.15. The summed E-state index contributed by atoms with van der Waals surface area (Å²) in [6, 6.07) is 8.66. The van der Waals surface area contributed by atoms with Crippen LogP contribution in [0, 0.1) is 0 Å². The van der Waals surface area contributed by atoms with Crippen LogP contribution < -0.4 is 10.6 Å². The topological polar surface area (TPSA) is 54.9 Å². The molecule has 134 valence electrons. The number of hydrogen-bond donors (Lipinski definition) is 2. The van der Waals surface area contributed by atoms with E-state index in [1.54, 1.807) is 7.11 Å². The predicted molar refractivity (Wildman–Crippen MR) is 98.5 cm³/mol. The second-order valence-corrected chi connectivity index (χ2v) is 5.98. The Kier molecular flexibility index (Phi) is 8.63. The molecule has 1 aliphatic carbocycles. The summed E-state index contributed by atoms with van der Waals surface area (Å²) in [5.41, 5.74) is 2.82. The van der Waals surface area contributed by atoms with E-state index in [4.69, 9.17) is 9.47 Å². The number of nitrogens with zero attached hydrogens (tertiary/aromatic N) is 1. The molecule has 1 aromatic carbocycles. The van der Waals surface area contributed by atoms with Crippen LogP contribution in [0.4, 0.5) is 0 Å². The highest BCUT2D eigenvalue weighted by Crippen LogP contribution is 2.32. The molecule has 1 atom stereocenters. The summed E-state index contributed by atoms with van der Waals surface area (Å²) < 4.78 is 11.2. The Hall–Kier alpha value is -1.59. The first-order valence-electron chi connectivity index (χ1n) is 9.05. The Bertz CT molecular complexity index is 505. The molecule has 0 saturated heterocycles. The highest BCUT2D eigenvalue weighted by molar-refractivity contribution is 5.79. The van der Waals surface area contributed by atoms with Crippen LogP contribution in [0.15, 0.2) is 29.3 Å². The van der Waals surface area contributed by atoms with E-state index in [1.165, 1.54) is 24.0 Å². The lowest BCUT2D eigenvalue weighted by Crippen LogP contribution is -2.39. The smallest absolute Gasteiger partial charge is 0.191 e. The average molecular weight is 333 g/mol. The van der Waals surface area contributed by atoms with Crippen molar-refractivity contribution >= 4 is 5.96 Å². The minimum absolute atomic E-state index is 0.256. The van der Waals surface area contributed by atoms with Gasteiger partial charge in [0.15, 0.2) is 5.96 Å². The molecule has 0 bridgehead atoms. The van der Waals surface area contributed by atoms with E-state index in [0.29, 0.717) is 6.61 Å². The highest BCUT2D eigenvalue weighted by atomic mass is 16.5. The highest BCUT2D eigenvalue weighted by Gasteiger charge is 2.19. The Morgan fingerprint density at radius 2 is 2.12 bits per heavy atom. The zero-order valence-corrected chi connectivity index (χ0v) is 15.0. The van der Waals surface area contributed by atoms with Crippen LogP contribution in [0.3, 0.4) is 0 Å². The van der Waals surface area contributed by atoms with Gasteiger partial charge < -0.3 is 20.1 Å². The molecule has 0 heterocycles. The van der Waals surface area contributed by atoms with Crippen LogP contribution in [0.2, 0.25) is 0 Å². The molecule has 0 aliphatic heterocycles. The van der Waals surface area contributed by atoms with Gasteiger partial charge in [0.1, 0.15) is 0 Å². The van der Waals surface area contributed by atoms with Gasteiger partial charge in [-0.1, -0.05) is 24.3 Å². The van der Waals surface area contributed by atoms with Crippen LogP contribution in [0.25, 0.3) is 0 Å². The van der Waals surface area contributed by atoms with Crippen molar-refractivity contribution in [3.8, 4) is 0 Å². The van der Waals surface area contributed by atoms with Crippen molar-refractivity contribution < 1.29 is 9.47 Å². The number of methoxy groups -OCH3 is 1. The van der Waals surface area contributed by atoms with Gasteiger partial charge in [0.2, 0.25) is 0 Å². The second kappa shape index (κ2) is 11.0.